The molecule has 2 atom stereocenters. The molecule has 107 heavy (non-hydrogen) atoms. The second-order valence-corrected chi connectivity index (χ2v) is 39.0. The Bertz CT molecular complexity index is 3010. The van der Waals surface area contributed by atoms with Gasteiger partial charge in [-0.25, -0.2) is 0 Å². The number of allylic oxidation sites excluding steroid dienone is 6. The van der Waals surface area contributed by atoms with Crippen molar-refractivity contribution in [1.82, 2.24) is 0 Å². The maximum atomic E-state index is 11.9. The van der Waals surface area contributed by atoms with E-state index in [1.165, 1.54) is 270 Å². The molecule has 2 heteroatoms. The van der Waals surface area contributed by atoms with Crippen LogP contribution in [0.4, 0.5) is 0 Å². The molecule has 612 valence electrons. The van der Waals surface area contributed by atoms with E-state index < -0.39 is 0 Å². The third-order valence-electron chi connectivity index (χ3n) is 28.8. The first kappa shape index (κ1) is 88.1. The van der Waals surface area contributed by atoms with Gasteiger partial charge in [0.15, 0.2) is 0 Å². The summed E-state index contributed by atoms with van der Waals surface area (Å²) in [5, 5.41) is 0. The highest BCUT2D eigenvalue weighted by atomic mass is 16.5. The predicted molar refractivity (Wildman–Crippen MR) is 484 cm³/mol. The van der Waals surface area contributed by atoms with Crippen molar-refractivity contribution in [2.45, 2.75) is 367 Å². The zero-order valence-electron chi connectivity index (χ0n) is 72.0. The van der Waals surface area contributed by atoms with E-state index in [1.54, 1.807) is 18.4 Å². The van der Waals surface area contributed by atoms with Crippen LogP contribution in [0.3, 0.4) is 0 Å². The van der Waals surface area contributed by atoms with Gasteiger partial charge in [-0.15, -0.1) is 0 Å². The Labute approximate surface area is 673 Å². The first-order valence-corrected chi connectivity index (χ1v) is 46.1. The van der Waals surface area contributed by atoms with Gasteiger partial charge in [0, 0.05) is 11.4 Å². The zero-order chi connectivity index (χ0) is 76.3. The van der Waals surface area contributed by atoms with E-state index in [0.29, 0.717) is 5.75 Å². The molecular formula is C105H180O2. The standard InChI is InChI=1S/C16H30.C16H28.C16H24.C15H20O2.2C14H24.C14H14.8H2/c3*1-13-3-7-15(8-4-13)11-12-16-9-5-14(2)6-10-16;1-11-3-7-13(8-4-11)15(16)17-14-9-5-12(2)6-10-14;3*1-11-3-7-13(8-4-11)14-9-5-12(2)6-10-14;;;;;;;;/h13-16H,3-12H2,1-2H3;11-16H,3-10H2,1-2H3;3-4,7-8,14,16H,5-6,9-12H2,1-2H3;5-6,9-11,13H,3-4,7-8H2,1-2H3;7,11-12,14H,3-6,8-10H2,1-2H3;3,12-14H,4-10H2,1-2H3;3-10H,1-2H3;8*1H. The quantitative estimate of drug-likeness (QED) is 0.0758. The average Bonchev–Trinajstić information content (AvgIpc) is 0.868. The molecule has 0 bridgehead atoms. The van der Waals surface area contributed by atoms with Crippen molar-refractivity contribution in [1.29, 1.82) is 0 Å². The third kappa shape index (κ3) is 34.6. The van der Waals surface area contributed by atoms with Gasteiger partial charge < -0.3 is 4.74 Å². The lowest BCUT2D eigenvalue weighted by molar-refractivity contribution is -0.140. The van der Waals surface area contributed by atoms with Crippen molar-refractivity contribution in [3.05, 3.63) is 160 Å². The Balaban J connectivity index is 0.00000130. The number of esters is 1. The number of carbonyl (C=O) groups is 1. The van der Waals surface area contributed by atoms with Crippen LogP contribution in [0.15, 0.2) is 133 Å². The van der Waals surface area contributed by atoms with Crippen molar-refractivity contribution >= 4 is 5.97 Å². The number of ether oxygens (including phenoxy) is 1. The van der Waals surface area contributed by atoms with Gasteiger partial charge in [0.2, 0.25) is 0 Å². The summed E-state index contributed by atoms with van der Waals surface area (Å²) in [5.41, 5.74) is 12.7. The topological polar surface area (TPSA) is 26.3 Å². The minimum atomic E-state index is -0.0549. The number of hydrogen-bond donors (Lipinski definition) is 0. The molecule has 0 spiro atoms. The van der Waals surface area contributed by atoms with E-state index in [-0.39, 0.29) is 23.3 Å². The molecule has 10 aliphatic rings. The molecule has 4 aromatic rings. The number of aryl methyl sites for hydroxylation is 5. The van der Waals surface area contributed by atoms with E-state index in [9.17, 15) is 4.79 Å². The lowest BCUT2D eigenvalue weighted by Crippen LogP contribution is -2.24. The van der Waals surface area contributed by atoms with Gasteiger partial charge >= 0.3 is 5.97 Å². The summed E-state index contributed by atoms with van der Waals surface area (Å²) in [5.74, 6) is 17.5. The second kappa shape index (κ2) is 48.5. The maximum Gasteiger partial charge on any atom is 0.314 e. The third-order valence-corrected chi connectivity index (χ3v) is 28.8. The molecule has 14 rings (SSSR count). The Kier molecular flexibility index (Phi) is 39.9. The minimum absolute atomic E-state index is 0. The van der Waals surface area contributed by atoms with Crippen LogP contribution in [0.5, 0.6) is 5.75 Å². The lowest BCUT2D eigenvalue weighted by Gasteiger charge is -2.34. The van der Waals surface area contributed by atoms with Crippen molar-refractivity contribution in [3.8, 4) is 16.9 Å². The van der Waals surface area contributed by atoms with Crippen LogP contribution < -0.4 is 4.74 Å². The average molecular weight is 1470 g/mol. The predicted octanol–water partition coefficient (Wildman–Crippen LogP) is 34.2. The van der Waals surface area contributed by atoms with Gasteiger partial charge in [-0.3, -0.25) is 4.79 Å². The summed E-state index contributed by atoms with van der Waals surface area (Å²) in [6, 6.07) is 34.0. The fourth-order valence-electron chi connectivity index (χ4n) is 19.7. The van der Waals surface area contributed by atoms with E-state index >= 15 is 0 Å². The van der Waals surface area contributed by atoms with E-state index in [1.807, 2.05) is 36.8 Å². The molecular weight excluding hydrogens is 1290 g/mol. The summed E-state index contributed by atoms with van der Waals surface area (Å²) in [6.07, 6.45) is 70.1. The Morgan fingerprint density at radius 1 is 0.336 bits per heavy atom. The lowest BCUT2D eigenvalue weighted by atomic mass is 9.72. The summed E-state index contributed by atoms with van der Waals surface area (Å²) >= 11 is 0. The van der Waals surface area contributed by atoms with E-state index in [2.05, 4.69) is 187 Å². The fraction of sp³-hybridized carbons (Fsp3) is 0.705. The van der Waals surface area contributed by atoms with Gasteiger partial charge in [0.25, 0.3) is 0 Å². The van der Waals surface area contributed by atoms with Crippen LogP contribution >= 0.6 is 0 Å². The summed E-state index contributed by atoms with van der Waals surface area (Å²) in [4.78, 5) is 11.9. The van der Waals surface area contributed by atoms with Crippen LogP contribution in [0.25, 0.3) is 11.1 Å². The van der Waals surface area contributed by atoms with Crippen molar-refractivity contribution in [2.24, 2.45) is 107 Å². The zero-order valence-corrected chi connectivity index (χ0v) is 72.0. The van der Waals surface area contributed by atoms with Crippen LogP contribution in [0, 0.1) is 134 Å². The largest absolute Gasteiger partial charge is 0.426 e. The van der Waals surface area contributed by atoms with Gasteiger partial charge in [-0.2, -0.15) is 0 Å². The van der Waals surface area contributed by atoms with Crippen LogP contribution in [0.2, 0.25) is 0 Å². The smallest absolute Gasteiger partial charge is 0.314 e. The van der Waals surface area contributed by atoms with Crippen LogP contribution in [-0.2, 0) is 11.2 Å². The SMILES string of the molecule is CC1=CCC(C2CCC(C)CC2)CC1.CC1CC=C(C2CCC(C)CC2)CC1.CC1CCC(C=CC2CCC(C)CC2)CC1.CC1CCC(CCC2CCC(C)CC2)CC1.Cc1ccc(-c2ccc(C)cc2)cc1.Cc1ccc(CCC2CCC(C)CC2)cc1.Cc1ccc(OC(=O)C2CCC(C)CC2)cc1.[HH].[HH].[HH].[HH].[HH].[HH].[HH].[HH]. The number of rotatable bonds is 13. The molecule has 0 radical (unpaired) electrons. The summed E-state index contributed by atoms with van der Waals surface area (Å²) in [6.45, 7) is 32.2. The van der Waals surface area contributed by atoms with Crippen molar-refractivity contribution in [3.63, 3.8) is 0 Å². The molecule has 8 saturated carbocycles. The molecule has 0 saturated heterocycles. The molecule has 8 fully saturated rings. The Morgan fingerprint density at radius 2 is 0.692 bits per heavy atom. The fourth-order valence-corrected chi connectivity index (χ4v) is 19.7. The first-order valence-electron chi connectivity index (χ1n) is 46.1. The molecule has 0 aromatic heterocycles. The molecule has 4 aromatic carbocycles. The van der Waals surface area contributed by atoms with Gasteiger partial charge in [0.05, 0.1) is 5.92 Å². The number of hydrogen-bond acceptors (Lipinski definition) is 2. The molecule has 0 heterocycles. The second-order valence-electron chi connectivity index (χ2n) is 39.0. The first-order chi connectivity index (χ1) is 51.6. The molecule has 0 amide bonds. The Hall–Kier alpha value is -4.43. The molecule has 10 aliphatic carbocycles. The van der Waals surface area contributed by atoms with Gasteiger partial charge in [0.1, 0.15) is 5.75 Å². The monoisotopic (exact) mass is 1470 g/mol. The Morgan fingerprint density at radius 3 is 1.07 bits per heavy atom. The molecule has 2 nitrogen and oxygen atoms in total. The molecule has 2 unspecified atom stereocenters. The number of benzene rings is 4. The molecule has 0 N–H and O–H groups in total. The van der Waals surface area contributed by atoms with Gasteiger partial charge in [-0.05, 0) is 292 Å². The highest BCUT2D eigenvalue weighted by Gasteiger charge is 2.30. The molecule has 0 aliphatic heterocycles. The van der Waals surface area contributed by atoms with E-state index in [4.69, 9.17) is 4.74 Å². The van der Waals surface area contributed by atoms with Crippen molar-refractivity contribution < 1.29 is 20.9 Å². The highest BCUT2D eigenvalue weighted by Crippen LogP contribution is 2.42. The summed E-state index contributed by atoms with van der Waals surface area (Å²) in [7, 11) is 0. The van der Waals surface area contributed by atoms with E-state index in [0.717, 1.165) is 126 Å². The number of carbonyl (C=O) groups excluding carboxylic acids is 1. The van der Waals surface area contributed by atoms with Crippen LogP contribution in [0.1, 0.15) is 372 Å². The summed E-state index contributed by atoms with van der Waals surface area (Å²) < 4.78 is 5.41. The highest BCUT2D eigenvalue weighted by molar-refractivity contribution is 5.75. The van der Waals surface area contributed by atoms with Gasteiger partial charge in [-0.1, -0.05) is 346 Å². The normalized spacial score (nSPS) is 31.6. The van der Waals surface area contributed by atoms with Crippen molar-refractivity contribution in [2.75, 3.05) is 0 Å². The van der Waals surface area contributed by atoms with Crippen LogP contribution in [-0.4, -0.2) is 5.97 Å². The minimum Gasteiger partial charge on any atom is -0.426 e. The maximum absolute atomic E-state index is 11.9.